The van der Waals surface area contributed by atoms with Crippen molar-refractivity contribution in [2.24, 2.45) is 0 Å². The lowest BCUT2D eigenvalue weighted by Gasteiger charge is -2.11. The molecule has 2 aromatic carbocycles. The minimum atomic E-state index is 0.216. The summed E-state index contributed by atoms with van der Waals surface area (Å²) in [6.07, 6.45) is 1.71. The SMILES string of the molecule is CC#CCCCOc1cc(O)ccc1-c1ccccc1. The van der Waals surface area contributed by atoms with E-state index in [1.54, 1.807) is 12.1 Å². The van der Waals surface area contributed by atoms with Crippen molar-refractivity contribution < 1.29 is 9.84 Å². The normalized spacial score (nSPS) is 9.65. The molecule has 0 aromatic heterocycles. The molecule has 0 saturated heterocycles. The third-order valence-corrected chi connectivity index (χ3v) is 2.93. The van der Waals surface area contributed by atoms with Crippen LogP contribution in [-0.2, 0) is 0 Å². The van der Waals surface area contributed by atoms with Gasteiger partial charge in [-0.3, -0.25) is 0 Å². The van der Waals surface area contributed by atoms with Gasteiger partial charge in [0.2, 0.25) is 0 Å². The van der Waals surface area contributed by atoms with Crippen LogP contribution in [-0.4, -0.2) is 11.7 Å². The van der Waals surface area contributed by atoms with E-state index in [1.807, 2.05) is 43.3 Å². The lowest BCUT2D eigenvalue weighted by molar-refractivity contribution is 0.312. The second-order valence-corrected chi connectivity index (χ2v) is 4.43. The Morgan fingerprint density at radius 2 is 1.90 bits per heavy atom. The van der Waals surface area contributed by atoms with Gasteiger partial charge in [-0.2, -0.15) is 0 Å². The summed E-state index contributed by atoms with van der Waals surface area (Å²) in [4.78, 5) is 0. The summed E-state index contributed by atoms with van der Waals surface area (Å²) in [7, 11) is 0. The van der Waals surface area contributed by atoms with E-state index in [1.165, 1.54) is 0 Å². The molecule has 0 aliphatic heterocycles. The first-order valence-electron chi connectivity index (χ1n) is 6.72. The van der Waals surface area contributed by atoms with Crippen molar-refractivity contribution in [3.05, 3.63) is 48.5 Å². The Morgan fingerprint density at radius 3 is 2.65 bits per heavy atom. The van der Waals surface area contributed by atoms with Crippen LogP contribution in [0, 0.1) is 11.8 Å². The van der Waals surface area contributed by atoms with E-state index in [0.29, 0.717) is 12.4 Å². The molecule has 0 atom stereocenters. The topological polar surface area (TPSA) is 29.5 Å². The molecule has 0 aliphatic rings. The minimum absolute atomic E-state index is 0.216. The lowest BCUT2D eigenvalue weighted by atomic mass is 10.0. The van der Waals surface area contributed by atoms with Crippen LogP contribution in [0.2, 0.25) is 0 Å². The van der Waals surface area contributed by atoms with Crippen LogP contribution >= 0.6 is 0 Å². The smallest absolute Gasteiger partial charge is 0.130 e. The summed E-state index contributed by atoms with van der Waals surface area (Å²) in [5.74, 6) is 6.80. The maximum atomic E-state index is 9.62. The fourth-order valence-electron chi connectivity index (χ4n) is 1.95. The summed E-state index contributed by atoms with van der Waals surface area (Å²) >= 11 is 0. The number of hydrogen-bond donors (Lipinski definition) is 1. The molecule has 20 heavy (non-hydrogen) atoms. The standard InChI is InChI=1S/C18H18O2/c1-2-3-4-8-13-20-18-14-16(19)11-12-17(18)15-9-6-5-7-10-15/h5-7,9-12,14,19H,4,8,13H2,1H3. The average molecular weight is 266 g/mol. The highest BCUT2D eigenvalue weighted by atomic mass is 16.5. The van der Waals surface area contributed by atoms with E-state index >= 15 is 0 Å². The van der Waals surface area contributed by atoms with Gasteiger partial charge in [0.05, 0.1) is 6.61 Å². The molecular weight excluding hydrogens is 248 g/mol. The second kappa shape index (κ2) is 7.25. The minimum Gasteiger partial charge on any atom is -0.508 e. The summed E-state index contributed by atoms with van der Waals surface area (Å²) in [5, 5.41) is 9.62. The molecule has 2 nitrogen and oxygen atoms in total. The van der Waals surface area contributed by atoms with Crippen molar-refractivity contribution >= 4 is 0 Å². The number of unbranched alkanes of at least 4 members (excludes halogenated alkanes) is 1. The fourth-order valence-corrected chi connectivity index (χ4v) is 1.95. The molecule has 2 rings (SSSR count). The van der Waals surface area contributed by atoms with Gasteiger partial charge in [-0.05, 0) is 31.0 Å². The summed E-state index contributed by atoms with van der Waals surface area (Å²) < 4.78 is 5.79. The Morgan fingerprint density at radius 1 is 1.10 bits per heavy atom. The lowest BCUT2D eigenvalue weighted by Crippen LogP contribution is -1.98. The molecule has 0 aliphatic carbocycles. The van der Waals surface area contributed by atoms with Crippen molar-refractivity contribution in [1.29, 1.82) is 0 Å². The zero-order chi connectivity index (χ0) is 14.2. The van der Waals surface area contributed by atoms with E-state index in [0.717, 1.165) is 24.0 Å². The summed E-state index contributed by atoms with van der Waals surface area (Å²) in [5.41, 5.74) is 2.07. The molecule has 2 heteroatoms. The number of phenols is 1. The first-order chi connectivity index (χ1) is 9.81. The fraction of sp³-hybridized carbons (Fsp3) is 0.222. The van der Waals surface area contributed by atoms with E-state index in [4.69, 9.17) is 4.74 Å². The Kier molecular flexibility index (Phi) is 5.08. The van der Waals surface area contributed by atoms with Gasteiger partial charge in [0.15, 0.2) is 0 Å². The first kappa shape index (κ1) is 14.0. The number of aromatic hydroxyl groups is 1. The number of benzene rings is 2. The summed E-state index contributed by atoms with van der Waals surface area (Å²) in [6.45, 7) is 2.43. The van der Waals surface area contributed by atoms with Crippen LogP contribution in [0.3, 0.4) is 0 Å². The highest BCUT2D eigenvalue weighted by Gasteiger charge is 2.07. The van der Waals surface area contributed by atoms with Crippen molar-refractivity contribution in [3.8, 4) is 34.5 Å². The maximum Gasteiger partial charge on any atom is 0.130 e. The van der Waals surface area contributed by atoms with Crippen molar-refractivity contribution in [2.75, 3.05) is 6.61 Å². The predicted molar refractivity (Wildman–Crippen MR) is 81.7 cm³/mol. The van der Waals surface area contributed by atoms with Gasteiger partial charge in [-0.15, -0.1) is 11.8 Å². The van der Waals surface area contributed by atoms with Crippen LogP contribution in [0.1, 0.15) is 19.8 Å². The molecule has 0 spiro atoms. The highest BCUT2D eigenvalue weighted by Crippen LogP contribution is 2.33. The zero-order valence-electron chi connectivity index (χ0n) is 11.6. The van der Waals surface area contributed by atoms with Gasteiger partial charge >= 0.3 is 0 Å². The van der Waals surface area contributed by atoms with E-state index < -0.39 is 0 Å². The number of hydrogen-bond acceptors (Lipinski definition) is 2. The van der Waals surface area contributed by atoms with E-state index in [9.17, 15) is 5.11 Å². The Balaban J connectivity index is 2.14. The van der Waals surface area contributed by atoms with E-state index in [2.05, 4.69) is 11.8 Å². The first-order valence-corrected chi connectivity index (χ1v) is 6.72. The number of phenolic OH excluding ortho intramolecular Hbond substituents is 1. The highest BCUT2D eigenvalue weighted by molar-refractivity contribution is 5.71. The molecule has 0 heterocycles. The molecule has 0 saturated carbocycles. The molecule has 0 fully saturated rings. The van der Waals surface area contributed by atoms with Gasteiger partial charge in [-0.1, -0.05) is 30.3 Å². The largest absolute Gasteiger partial charge is 0.508 e. The Labute approximate surface area is 120 Å². The molecular formula is C18H18O2. The van der Waals surface area contributed by atoms with Crippen LogP contribution in [0.15, 0.2) is 48.5 Å². The van der Waals surface area contributed by atoms with Crippen LogP contribution in [0.25, 0.3) is 11.1 Å². The molecule has 0 bridgehead atoms. The monoisotopic (exact) mass is 266 g/mol. The quantitative estimate of drug-likeness (QED) is 0.648. The Bertz CT molecular complexity index is 606. The molecule has 2 aromatic rings. The van der Waals surface area contributed by atoms with Crippen LogP contribution in [0.5, 0.6) is 11.5 Å². The third-order valence-electron chi connectivity index (χ3n) is 2.93. The van der Waals surface area contributed by atoms with Crippen molar-refractivity contribution in [2.45, 2.75) is 19.8 Å². The maximum absolute atomic E-state index is 9.62. The third kappa shape index (κ3) is 3.80. The molecule has 0 radical (unpaired) electrons. The van der Waals surface area contributed by atoms with Gasteiger partial charge in [0, 0.05) is 18.1 Å². The molecule has 1 N–H and O–H groups in total. The van der Waals surface area contributed by atoms with Crippen molar-refractivity contribution in [1.82, 2.24) is 0 Å². The van der Waals surface area contributed by atoms with Crippen molar-refractivity contribution in [3.63, 3.8) is 0 Å². The average Bonchev–Trinajstić information content (AvgIpc) is 2.48. The van der Waals surface area contributed by atoms with E-state index in [-0.39, 0.29) is 5.75 Å². The molecule has 102 valence electrons. The second-order valence-electron chi connectivity index (χ2n) is 4.43. The zero-order valence-corrected chi connectivity index (χ0v) is 11.6. The predicted octanol–water partition coefficient (Wildman–Crippen LogP) is 4.24. The Hall–Kier alpha value is -2.40. The molecule has 0 unspecified atom stereocenters. The van der Waals surface area contributed by atoms with Gasteiger partial charge < -0.3 is 9.84 Å². The van der Waals surface area contributed by atoms with Crippen LogP contribution < -0.4 is 4.74 Å². The number of ether oxygens (including phenoxy) is 1. The van der Waals surface area contributed by atoms with Gasteiger partial charge in [0.25, 0.3) is 0 Å². The van der Waals surface area contributed by atoms with Gasteiger partial charge in [0.1, 0.15) is 11.5 Å². The molecule has 0 amide bonds. The van der Waals surface area contributed by atoms with Crippen LogP contribution in [0.4, 0.5) is 0 Å². The number of rotatable bonds is 5. The van der Waals surface area contributed by atoms with Gasteiger partial charge in [-0.25, -0.2) is 0 Å². The summed E-state index contributed by atoms with van der Waals surface area (Å²) in [6, 6.07) is 15.2.